The molecule has 0 saturated heterocycles. The highest BCUT2D eigenvalue weighted by Gasteiger charge is 2.32. The van der Waals surface area contributed by atoms with Crippen molar-refractivity contribution in [3.8, 4) is 0 Å². The Bertz CT molecular complexity index is 158. The van der Waals surface area contributed by atoms with Gasteiger partial charge in [-0.15, -0.1) is 0 Å². The van der Waals surface area contributed by atoms with E-state index >= 15 is 0 Å². The van der Waals surface area contributed by atoms with E-state index in [9.17, 15) is 4.79 Å². The molecule has 0 radical (unpaired) electrons. The lowest BCUT2D eigenvalue weighted by atomic mass is 9.80. The Balaban J connectivity index is 2.58. The Hall–Kier alpha value is -0.0500. The lowest BCUT2D eigenvalue weighted by Crippen LogP contribution is -2.31. The van der Waals surface area contributed by atoms with E-state index in [-0.39, 0.29) is 11.8 Å². The maximum atomic E-state index is 10.7. The van der Waals surface area contributed by atoms with Crippen molar-refractivity contribution in [2.24, 2.45) is 11.8 Å². The number of hydrogen-bond donors (Lipinski definition) is 1. The molecule has 1 aliphatic carbocycles. The molecule has 0 aliphatic heterocycles. The number of carboxylic acids is 1. The summed E-state index contributed by atoms with van der Waals surface area (Å²) >= 11 is 3.50. The molecule has 2 nitrogen and oxygen atoms in total. The van der Waals surface area contributed by atoms with Crippen LogP contribution in [0.1, 0.15) is 26.2 Å². The van der Waals surface area contributed by atoms with E-state index in [0.29, 0.717) is 4.83 Å². The number of aliphatic carboxylic acids is 1. The Labute approximate surface area is 75.1 Å². The maximum absolute atomic E-state index is 10.7. The van der Waals surface area contributed by atoms with Crippen LogP contribution in [0.5, 0.6) is 0 Å². The molecule has 11 heavy (non-hydrogen) atoms. The molecule has 0 amide bonds. The molecule has 0 heterocycles. The van der Waals surface area contributed by atoms with E-state index in [1.54, 1.807) is 0 Å². The molecule has 0 spiro atoms. The van der Waals surface area contributed by atoms with Gasteiger partial charge < -0.3 is 5.11 Å². The predicted molar refractivity (Wildman–Crippen MR) is 46.9 cm³/mol. The van der Waals surface area contributed by atoms with Crippen LogP contribution in [0.15, 0.2) is 0 Å². The average Bonchev–Trinajstić information content (AvgIpc) is 1.94. The summed E-state index contributed by atoms with van der Waals surface area (Å²) in [5, 5.41) is 8.81. The molecular weight excluding hydrogens is 208 g/mol. The van der Waals surface area contributed by atoms with Crippen LogP contribution in [0.3, 0.4) is 0 Å². The van der Waals surface area contributed by atoms with Crippen molar-refractivity contribution in [3.05, 3.63) is 0 Å². The molecule has 0 aromatic rings. The third kappa shape index (κ3) is 1.95. The second-order valence-corrected chi connectivity index (χ2v) is 4.43. The summed E-state index contributed by atoms with van der Waals surface area (Å²) in [6.45, 7) is 2.01. The summed E-state index contributed by atoms with van der Waals surface area (Å²) in [4.78, 5) is 11.1. The number of alkyl halides is 1. The molecule has 1 fully saturated rings. The standard InChI is InChI=1S/C8H13BrO2/c1-5-6(8(10)11)3-2-4-7(5)9/h5-7H,2-4H2,1H3,(H,10,11). The van der Waals surface area contributed by atoms with Gasteiger partial charge >= 0.3 is 5.97 Å². The predicted octanol–water partition coefficient (Wildman–Crippen LogP) is 2.27. The minimum Gasteiger partial charge on any atom is -0.481 e. The highest BCUT2D eigenvalue weighted by molar-refractivity contribution is 9.09. The zero-order valence-electron chi connectivity index (χ0n) is 6.59. The third-order valence-corrected chi connectivity index (χ3v) is 3.81. The summed E-state index contributed by atoms with van der Waals surface area (Å²) in [7, 11) is 0. The normalized spacial score (nSPS) is 38.5. The number of carbonyl (C=O) groups is 1. The van der Waals surface area contributed by atoms with E-state index in [4.69, 9.17) is 5.11 Å². The summed E-state index contributed by atoms with van der Waals surface area (Å²) in [6, 6.07) is 0. The second kappa shape index (κ2) is 3.57. The number of rotatable bonds is 1. The summed E-state index contributed by atoms with van der Waals surface area (Å²) < 4.78 is 0. The van der Waals surface area contributed by atoms with E-state index in [1.807, 2.05) is 6.92 Å². The molecule has 1 N–H and O–H groups in total. The van der Waals surface area contributed by atoms with Crippen molar-refractivity contribution < 1.29 is 9.90 Å². The molecule has 1 rings (SSSR count). The summed E-state index contributed by atoms with van der Waals surface area (Å²) in [5.41, 5.74) is 0. The Kier molecular flexibility index (Phi) is 2.93. The van der Waals surface area contributed by atoms with Crippen molar-refractivity contribution in [1.29, 1.82) is 0 Å². The number of carboxylic acid groups (broad SMARTS) is 1. The SMILES string of the molecule is CC1C(Br)CCCC1C(=O)O. The van der Waals surface area contributed by atoms with Crippen LogP contribution < -0.4 is 0 Å². The minimum atomic E-state index is -0.637. The molecule has 64 valence electrons. The van der Waals surface area contributed by atoms with E-state index in [1.165, 1.54) is 0 Å². The molecule has 0 aromatic carbocycles. The summed E-state index contributed by atoms with van der Waals surface area (Å²) in [5.74, 6) is -0.490. The maximum Gasteiger partial charge on any atom is 0.306 e. The lowest BCUT2D eigenvalue weighted by Gasteiger charge is -2.29. The van der Waals surface area contributed by atoms with Crippen molar-refractivity contribution in [3.63, 3.8) is 0 Å². The molecule has 3 atom stereocenters. The Morgan fingerprint density at radius 3 is 2.64 bits per heavy atom. The van der Waals surface area contributed by atoms with Gasteiger partial charge in [0.25, 0.3) is 0 Å². The van der Waals surface area contributed by atoms with Crippen LogP contribution in [-0.2, 0) is 4.79 Å². The highest BCUT2D eigenvalue weighted by atomic mass is 79.9. The minimum absolute atomic E-state index is 0.131. The molecule has 1 aliphatic rings. The van der Waals surface area contributed by atoms with Crippen LogP contribution >= 0.6 is 15.9 Å². The second-order valence-electron chi connectivity index (χ2n) is 3.25. The monoisotopic (exact) mass is 220 g/mol. The lowest BCUT2D eigenvalue weighted by molar-refractivity contribution is -0.144. The molecule has 0 aromatic heterocycles. The van der Waals surface area contributed by atoms with Crippen LogP contribution in [-0.4, -0.2) is 15.9 Å². The first-order chi connectivity index (χ1) is 5.13. The van der Waals surface area contributed by atoms with Crippen LogP contribution in [0.4, 0.5) is 0 Å². The molecule has 1 saturated carbocycles. The zero-order valence-corrected chi connectivity index (χ0v) is 8.17. The van der Waals surface area contributed by atoms with E-state index in [2.05, 4.69) is 15.9 Å². The van der Waals surface area contributed by atoms with Gasteiger partial charge in [0.1, 0.15) is 0 Å². The Morgan fingerprint density at radius 1 is 1.55 bits per heavy atom. The molecule has 0 bridgehead atoms. The quantitative estimate of drug-likeness (QED) is 0.689. The number of halogens is 1. The summed E-state index contributed by atoms with van der Waals surface area (Å²) in [6.07, 6.45) is 3.00. The van der Waals surface area contributed by atoms with Crippen molar-refractivity contribution in [2.75, 3.05) is 0 Å². The number of hydrogen-bond acceptors (Lipinski definition) is 1. The van der Waals surface area contributed by atoms with E-state index in [0.717, 1.165) is 19.3 Å². The molecule has 3 heteroatoms. The van der Waals surface area contributed by atoms with Gasteiger partial charge in [-0.1, -0.05) is 29.3 Å². The van der Waals surface area contributed by atoms with Gasteiger partial charge in [0.2, 0.25) is 0 Å². The van der Waals surface area contributed by atoms with Crippen molar-refractivity contribution >= 4 is 21.9 Å². The smallest absolute Gasteiger partial charge is 0.306 e. The fraction of sp³-hybridized carbons (Fsp3) is 0.875. The average molecular weight is 221 g/mol. The third-order valence-electron chi connectivity index (χ3n) is 2.52. The highest BCUT2D eigenvalue weighted by Crippen LogP contribution is 2.34. The fourth-order valence-electron chi connectivity index (χ4n) is 1.66. The van der Waals surface area contributed by atoms with Gasteiger partial charge in [0.05, 0.1) is 5.92 Å². The van der Waals surface area contributed by atoms with Gasteiger partial charge in [-0.3, -0.25) is 4.79 Å². The largest absolute Gasteiger partial charge is 0.481 e. The first kappa shape index (κ1) is 9.04. The van der Waals surface area contributed by atoms with Crippen molar-refractivity contribution in [2.45, 2.75) is 31.0 Å². The van der Waals surface area contributed by atoms with Crippen LogP contribution in [0.2, 0.25) is 0 Å². The van der Waals surface area contributed by atoms with Gasteiger partial charge in [-0.05, 0) is 18.8 Å². The van der Waals surface area contributed by atoms with E-state index < -0.39 is 5.97 Å². The Morgan fingerprint density at radius 2 is 2.18 bits per heavy atom. The van der Waals surface area contributed by atoms with Crippen LogP contribution in [0.25, 0.3) is 0 Å². The van der Waals surface area contributed by atoms with Gasteiger partial charge in [0.15, 0.2) is 0 Å². The topological polar surface area (TPSA) is 37.3 Å². The van der Waals surface area contributed by atoms with Crippen LogP contribution in [0, 0.1) is 11.8 Å². The first-order valence-electron chi connectivity index (χ1n) is 4.00. The van der Waals surface area contributed by atoms with Gasteiger partial charge in [-0.25, -0.2) is 0 Å². The molecule has 3 unspecified atom stereocenters. The molecular formula is C8H13BrO2. The zero-order chi connectivity index (χ0) is 8.43. The van der Waals surface area contributed by atoms with Crippen molar-refractivity contribution in [1.82, 2.24) is 0 Å². The van der Waals surface area contributed by atoms with Gasteiger partial charge in [0, 0.05) is 4.83 Å². The first-order valence-corrected chi connectivity index (χ1v) is 4.91. The van der Waals surface area contributed by atoms with Gasteiger partial charge in [-0.2, -0.15) is 0 Å². The fourth-order valence-corrected chi connectivity index (χ4v) is 2.35.